The lowest BCUT2D eigenvalue weighted by Crippen LogP contribution is -2.60. The van der Waals surface area contributed by atoms with Crippen molar-refractivity contribution in [1.29, 1.82) is 0 Å². The minimum atomic E-state index is -0.607. The van der Waals surface area contributed by atoms with Gasteiger partial charge in [0.25, 0.3) is 5.96 Å². The van der Waals surface area contributed by atoms with Crippen LogP contribution < -0.4 is 5.32 Å². The van der Waals surface area contributed by atoms with E-state index in [0.717, 1.165) is 39.0 Å². The van der Waals surface area contributed by atoms with Crippen LogP contribution in [0.15, 0.2) is 5.10 Å². The largest absolute Gasteiger partial charge is 0.381 e. The van der Waals surface area contributed by atoms with Crippen LogP contribution in [0.4, 0.5) is 0 Å². The predicted octanol–water partition coefficient (Wildman–Crippen LogP) is 2.83. The van der Waals surface area contributed by atoms with Crippen molar-refractivity contribution < 1.29 is 9.77 Å². The van der Waals surface area contributed by atoms with E-state index in [9.17, 15) is 10.1 Å². The van der Waals surface area contributed by atoms with Crippen LogP contribution >= 0.6 is 0 Å². The Balaban J connectivity index is 1.98. The van der Waals surface area contributed by atoms with Gasteiger partial charge in [-0.25, -0.2) is 10.1 Å². The maximum absolute atomic E-state index is 10.9. The number of hydrazone groups is 1. The smallest absolute Gasteiger partial charge is 0.273 e. The lowest BCUT2D eigenvalue weighted by Gasteiger charge is -2.42. The van der Waals surface area contributed by atoms with Crippen LogP contribution in [0.3, 0.4) is 0 Å². The highest BCUT2D eigenvalue weighted by Crippen LogP contribution is 2.20. The third-order valence-corrected chi connectivity index (χ3v) is 5.30. The fraction of sp³-hybridized carbons (Fsp3) is 0.944. The molecule has 0 aromatic carbocycles. The predicted molar refractivity (Wildman–Crippen MR) is 102 cm³/mol. The van der Waals surface area contributed by atoms with Gasteiger partial charge < -0.3 is 15.0 Å². The molecule has 2 unspecified atom stereocenters. The molecular formula is C18H35N5O3. The highest BCUT2D eigenvalue weighted by atomic mass is 16.7. The Hall–Kier alpha value is -1.41. The topological polar surface area (TPSA) is 83.2 Å². The van der Waals surface area contributed by atoms with Crippen molar-refractivity contribution in [3.63, 3.8) is 0 Å². The molecule has 0 spiro atoms. The zero-order valence-electron chi connectivity index (χ0n) is 16.4. The number of hydrogen-bond donors (Lipinski definition) is 1. The lowest BCUT2D eigenvalue weighted by atomic mass is 10.0. The first-order chi connectivity index (χ1) is 12.6. The molecule has 0 radical (unpaired) electrons. The molecule has 2 aliphatic heterocycles. The highest BCUT2D eigenvalue weighted by molar-refractivity contribution is 5.79. The van der Waals surface area contributed by atoms with Crippen molar-refractivity contribution in [2.75, 3.05) is 33.1 Å². The molecule has 2 rings (SSSR count). The monoisotopic (exact) mass is 369 g/mol. The van der Waals surface area contributed by atoms with Crippen molar-refractivity contribution >= 4 is 5.96 Å². The number of hydrogen-bond acceptors (Lipinski definition) is 4. The molecule has 8 heteroatoms. The first-order valence-electron chi connectivity index (χ1n) is 10.2. The SMILES string of the molecule is CCCCCCC(CCC)N1CNC(=N[N+](=O)[O-])N(CC2CCOC2)C1. The quantitative estimate of drug-likeness (QED) is 0.342. The number of nitro groups is 1. The zero-order chi connectivity index (χ0) is 18.8. The average molecular weight is 370 g/mol. The van der Waals surface area contributed by atoms with Gasteiger partial charge in [-0.05, 0) is 19.3 Å². The summed E-state index contributed by atoms with van der Waals surface area (Å²) in [5.74, 6) is 0.808. The Bertz CT molecular complexity index is 454. The van der Waals surface area contributed by atoms with E-state index in [1.165, 1.54) is 32.1 Å². The highest BCUT2D eigenvalue weighted by Gasteiger charge is 2.31. The van der Waals surface area contributed by atoms with Crippen LogP contribution in [0, 0.1) is 16.0 Å². The van der Waals surface area contributed by atoms with Gasteiger partial charge in [0.05, 0.1) is 19.9 Å². The fourth-order valence-electron chi connectivity index (χ4n) is 3.87. The molecule has 0 aromatic rings. The Morgan fingerprint density at radius 3 is 2.81 bits per heavy atom. The van der Waals surface area contributed by atoms with Crippen LogP contribution in [0.25, 0.3) is 0 Å². The van der Waals surface area contributed by atoms with Crippen LogP contribution in [-0.2, 0) is 4.74 Å². The maximum Gasteiger partial charge on any atom is 0.273 e. The molecule has 0 amide bonds. The second kappa shape index (κ2) is 11.3. The van der Waals surface area contributed by atoms with Crippen LogP contribution in [0.1, 0.15) is 65.2 Å². The zero-order valence-corrected chi connectivity index (χ0v) is 16.4. The van der Waals surface area contributed by atoms with Gasteiger partial charge >= 0.3 is 0 Å². The lowest BCUT2D eigenvalue weighted by molar-refractivity contribution is -0.486. The molecule has 2 atom stereocenters. The van der Waals surface area contributed by atoms with Crippen LogP contribution in [-0.4, -0.2) is 59.9 Å². The number of guanidine groups is 1. The molecule has 1 N–H and O–H groups in total. The summed E-state index contributed by atoms with van der Waals surface area (Å²) in [6, 6.07) is 0.517. The van der Waals surface area contributed by atoms with Gasteiger partial charge in [0.2, 0.25) is 0 Å². The Labute approximate surface area is 157 Å². The summed E-state index contributed by atoms with van der Waals surface area (Å²) in [4.78, 5) is 15.3. The second-order valence-corrected chi connectivity index (χ2v) is 7.47. The Morgan fingerprint density at radius 2 is 2.15 bits per heavy atom. The summed E-state index contributed by atoms with van der Waals surface area (Å²) in [6.45, 7) is 8.07. The van der Waals surface area contributed by atoms with E-state index >= 15 is 0 Å². The van der Waals surface area contributed by atoms with Gasteiger partial charge in [0.15, 0.2) is 5.03 Å². The van der Waals surface area contributed by atoms with E-state index in [4.69, 9.17) is 4.74 Å². The van der Waals surface area contributed by atoms with Gasteiger partial charge in [0.1, 0.15) is 5.10 Å². The van der Waals surface area contributed by atoms with Crippen molar-refractivity contribution in [2.24, 2.45) is 11.0 Å². The molecule has 0 bridgehead atoms. The molecule has 8 nitrogen and oxygen atoms in total. The van der Waals surface area contributed by atoms with E-state index in [1.54, 1.807) is 0 Å². The normalized spacial score (nSPS) is 24.0. The molecule has 26 heavy (non-hydrogen) atoms. The van der Waals surface area contributed by atoms with E-state index in [1.807, 2.05) is 4.90 Å². The van der Waals surface area contributed by atoms with Crippen molar-refractivity contribution in [3.05, 3.63) is 10.1 Å². The van der Waals surface area contributed by atoms with E-state index < -0.39 is 5.03 Å². The third kappa shape index (κ3) is 6.72. The summed E-state index contributed by atoms with van der Waals surface area (Å²) >= 11 is 0. The molecule has 2 fully saturated rings. The first kappa shape index (κ1) is 20.9. The molecule has 0 aliphatic carbocycles. The average Bonchev–Trinajstić information content (AvgIpc) is 3.12. The molecule has 2 saturated heterocycles. The standard InChI is InChI=1S/C18H35N5O3/c1-3-5-6-7-9-17(8-4-2)22-14-19-18(20-23(24)25)21(15-22)12-16-10-11-26-13-16/h16-17H,3-15H2,1-2H3,(H,19,20). The summed E-state index contributed by atoms with van der Waals surface area (Å²) in [7, 11) is 0. The van der Waals surface area contributed by atoms with Crippen molar-refractivity contribution in [2.45, 2.75) is 71.3 Å². The second-order valence-electron chi connectivity index (χ2n) is 7.47. The Kier molecular flexibility index (Phi) is 9.11. The summed E-state index contributed by atoms with van der Waals surface area (Å²) in [5.41, 5.74) is 0. The number of nitrogens with zero attached hydrogens (tertiary/aromatic N) is 4. The third-order valence-electron chi connectivity index (χ3n) is 5.30. The summed E-state index contributed by atoms with van der Waals surface area (Å²) in [6.07, 6.45) is 9.61. The Morgan fingerprint density at radius 1 is 1.31 bits per heavy atom. The molecule has 150 valence electrons. The van der Waals surface area contributed by atoms with E-state index in [2.05, 4.69) is 29.2 Å². The number of unbranched alkanes of at least 4 members (excludes halogenated alkanes) is 3. The van der Waals surface area contributed by atoms with Gasteiger partial charge in [-0.1, -0.05) is 46.0 Å². The van der Waals surface area contributed by atoms with Crippen LogP contribution in [0.2, 0.25) is 0 Å². The number of nitrogens with one attached hydrogen (secondary N) is 1. The van der Waals surface area contributed by atoms with Gasteiger partial charge in [-0.15, -0.1) is 0 Å². The molecule has 0 aromatic heterocycles. The summed E-state index contributed by atoms with van der Waals surface area (Å²) < 4.78 is 5.47. The van der Waals surface area contributed by atoms with Gasteiger partial charge in [0, 0.05) is 25.1 Å². The minimum absolute atomic E-state index is 0.388. The fourth-order valence-corrected chi connectivity index (χ4v) is 3.87. The van der Waals surface area contributed by atoms with E-state index in [-0.39, 0.29) is 0 Å². The van der Waals surface area contributed by atoms with Gasteiger partial charge in [-0.3, -0.25) is 4.90 Å². The van der Waals surface area contributed by atoms with Crippen molar-refractivity contribution in [1.82, 2.24) is 15.1 Å². The molecule has 2 aliphatic rings. The van der Waals surface area contributed by atoms with Crippen molar-refractivity contribution in [3.8, 4) is 0 Å². The van der Waals surface area contributed by atoms with Crippen LogP contribution in [0.5, 0.6) is 0 Å². The van der Waals surface area contributed by atoms with Gasteiger partial charge in [-0.2, -0.15) is 0 Å². The first-order valence-corrected chi connectivity index (χ1v) is 10.2. The van der Waals surface area contributed by atoms with E-state index in [0.29, 0.717) is 31.3 Å². The summed E-state index contributed by atoms with van der Waals surface area (Å²) in [5, 5.41) is 17.0. The molecule has 2 heterocycles. The maximum atomic E-state index is 10.9. The minimum Gasteiger partial charge on any atom is -0.381 e. The molecular weight excluding hydrogens is 334 g/mol. The number of ether oxygens (including phenoxy) is 1. The number of rotatable bonds is 11. The molecule has 0 saturated carbocycles.